The molecule has 1 aliphatic rings. The van der Waals surface area contributed by atoms with Crippen molar-refractivity contribution in [3.63, 3.8) is 0 Å². The zero-order valence-electron chi connectivity index (χ0n) is 7.40. The molecule has 0 aromatic heterocycles. The summed E-state index contributed by atoms with van der Waals surface area (Å²) in [4.78, 5) is 21.1. The normalized spacial score (nSPS) is 17.0. The minimum atomic E-state index is -0.304. The van der Waals surface area contributed by atoms with Gasteiger partial charge in [-0.05, 0) is 12.8 Å². The fourth-order valence-electron chi connectivity index (χ4n) is 1.53. The summed E-state index contributed by atoms with van der Waals surface area (Å²) in [7, 11) is 0. The van der Waals surface area contributed by atoms with Gasteiger partial charge in [0, 0.05) is 6.04 Å². The standard InChI is InChI=1S/C8H14N2O3/c11-6-10(13)5-8(12)9-7-3-1-2-4-7/h6-7,13H,1-5H2,(H,9,12). The molecular weight excluding hydrogens is 172 g/mol. The molecule has 74 valence electrons. The monoisotopic (exact) mass is 186 g/mol. The summed E-state index contributed by atoms with van der Waals surface area (Å²) in [6.45, 7) is -0.278. The zero-order chi connectivity index (χ0) is 9.68. The minimum absolute atomic E-state index is 0.216. The van der Waals surface area contributed by atoms with Gasteiger partial charge in [-0.25, -0.2) is 5.06 Å². The molecule has 0 aromatic rings. The van der Waals surface area contributed by atoms with Gasteiger partial charge in [0.25, 0.3) is 0 Å². The molecule has 0 saturated heterocycles. The molecule has 1 fully saturated rings. The molecule has 1 rings (SSSR count). The third kappa shape index (κ3) is 3.42. The highest BCUT2D eigenvalue weighted by atomic mass is 16.5. The topological polar surface area (TPSA) is 69.6 Å². The van der Waals surface area contributed by atoms with E-state index in [9.17, 15) is 9.59 Å². The molecule has 0 unspecified atom stereocenters. The van der Waals surface area contributed by atoms with E-state index in [4.69, 9.17) is 5.21 Å². The van der Waals surface area contributed by atoms with Crippen LogP contribution in [0.25, 0.3) is 0 Å². The number of hydroxylamine groups is 2. The number of nitrogens with zero attached hydrogens (tertiary/aromatic N) is 1. The lowest BCUT2D eigenvalue weighted by Gasteiger charge is -2.13. The van der Waals surface area contributed by atoms with E-state index in [1.54, 1.807) is 0 Å². The third-order valence-corrected chi connectivity index (χ3v) is 2.15. The van der Waals surface area contributed by atoms with E-state index >= 15 is 0 Å². The van der Waals surface area contributed by atoms with Gasteiger partial charge in [0.2, 0.25) is 12.3 Å². The van der Waals surface area contributed by atoms with Crippen LogP contribution in [-0.4, -0.2) is 35.2 Å². The molecule has 0 aromatic carbocycles. The molecule has 2 amide bonds. The zero-order valence-corrected chi connectivity index (χ0v) is 7.40. The van der Waals surface area contributed by atoms with Crippen molar-refractivity contribution in [3.8, 4) is 0 Å². The molecule has 2 N–H and O–H groups in total. The van der Waals surface area contributed by atoms with E-state index in [-0.39, 0.29) is 24.9 Å². The highest BCUT2D eigenvalue weighted by Crippen LogP contribution is 2.17. The molecule has 13 heavy (non-hydrogen) atoms. The molecule has 5 nitrogen and oxygen atoms in total. The third-order valence-electron chi connectivity index (χ3n) is 2.15. The lowest BCUT2D eigenvalue weighted by Crippen LogP contribution is -2.39. The summed E-state index contributed by atoms with van der Waals surface area (Å²) < 4.78 is 0. The number of carbonyl (C=O) groups is 2. The van der Waals surface area contributed by atoms with Gasteiger partial charge in [-0.15, -0.1) is 0 Å². The minimum Gasteiger partial charge on any atom is -0.352 e. The van der Waals surface area contributed by atoms with Gasteiger partial charge in [0.05, 0.1) is 0 Å². The van der Waals surface area contributed by atoms with Crippen LogP contribution in [0.3, 0.4) is 0 Å². The Morgan fingerprint density at radius 1 is 1.54 bits per heavy atom. The number of amides is 2. The van der Waals surface area contributed by atoms with Crippen molar-refractivity contribution in [3.05, 3.63) is 0 Å². The van der Waals surface area contributed by atoms with Gasteiger partial charge in [-0.1, -0.05) is 12.8 Å². The Balaban J connectivity index is 2.20. The first-order valence-corrected chi connectivity index (χ1v) is 4.42. The van der Waals surface area contributed by atoms with Crippen LogP contribution in [0, 0.1) is 0 Å². The highest BCUT2D eigenvalue weighted by Gasteiger charge is 2.17. The van der Waals surface area contributed by atoms with Gasteiger partial charge in [-0.2, -0.15) is 0 Å². The lowest BCUT2D eigenvalue weighted by molar-refractivity contribution is -0.155. The second kappa shape index (κ2) is 4.81. The Hall–Kier alpha value is -1.10. The average molecular weight is 186 g/mol. The van der Waals surface area contributed by atoms with Gasteiger partial charge in [0.15, 0.2) is 0 Å². The number of hydrogen-bond acceptors (Lipinski definition) is 3. The molecule has 0 atom stereocenters. The molecule has 0 bridgehead atoms. The van der Waals surface area contributed by atoms with Crippen LogP contribution < -0.4 is 5.32 Å². The van der Waals surface area contributed by atoms with Crippen molar-refractivity contribution in [2.75, 3.05) is 6.54 Å². The van der Waals surface area contributed by atoms with E-state index in [0.717, 1.165) is 25.7 Å². The Labute approximate surface area is 76.7 Å². The molecule has 1 saturated carbocycles. The Bertz CT molecular complexity index is 190. The van der Waals surface area contributed by atoms with Crippen molar-refractivity contribution in [1.82, 2.24) is 10.4 Å². The maximum Gasteiger partial charge on any atom is 0.242 e. The molecule has 0 heterocycles. The summed E-state index contributed by atoms with van der Waals surface area (Å²) in [5.74, 6) is -0.304. The first-order valence-electron chi connectivity index (χ1n) is 4.42. The Morgan fingerprint density at radius 3 is 2.69 bits per heavy atom. The predicted molar refractivity (Wildman–Crippen MR) is 45.0 cm³/mol. The summed E-state index contributed by atoms with van der Waals surface area (Å²) in [5.41, 5.74) is 0. The molecule has 5 heteroatoms. The van der Waals surface area contributed by atoms with Crippen molar-refractivity contribution in [1.29, 1.82) is 0 Å². The lowest BCUT2D eigenvalue weighted by atomic mass is 10.2. The van der Waals surface area contributed by atoms with E-state index in [1.165, 1.54) is 0 Å². The Kier molecular flexibility index (Phi) is 3.70. The first kappa shape index (κ1) is 9.98. The van der Waals surface area contributed by atoms with Crippen molar-refractivity contribution >= 4 is 12.3 Å². The van der Waals surface area contributed by atoms with Crippen LogP contribution in [0.15, 0.2) is 0 Å². The van der Waals surface area contributed by atoms with Crippen LogP contribution in [0.2, 0.25) is 0 Å². The second-order valence-electron chi connectivity index (χ2n) is 3.25. The van der Waals surface area contributed by atoms with Crippen molar-refractivity contribution < 1.29 is 14.8 Å². The number of rotatable bonds is 4. The summed E-state index contributed by atoms with van der Waals surface area (Å²) in [5, 5.41) is 11.8. The maximum atomic E-state index is 11.1. The van der Waals surface area contributed by atoms with Crippen LogP contribution >= 0.6 is 0 Å². The van der Waals surface area contributed by atoms with E-state index in [2.05, 4.69) is 5.32 Å². The van der Waals surface area contributed by atoms with Crippen molar-refractivity contribution in [2.45, 2.75) is 31.7 Å². The molecule has 1 aliphatic carbocycles. The average Bonchev–Trinajstić information content (AvgIpc) is 2.56. The summed E-state index contributed by atoms with van der Waals surface area (Å²) in [6.07, 6.45) is 4.49. The molecule has 0 spiro atoms. The van der Waals surface area contributed by atoms with Gasteiger partial charge in [-0.3, -0.25) is 14.8 Å². The SMILES string of the molecule is O=CN(O)CC(=O)NC1CCCC1. The van der Waals surface area contributed by atoms with E-state index < -0.39 is 0 Å². The fourth-order valence-corrected chi connectivity index (χ4v) is 1.53. The summed E-state index contributed by atoms with van der Waals surface area (Å²) in [6, 6.07) is 0.229. The Morgan fingerprint density at radius 2 is 2.15 bits per heavy atom. The first-order chi connectivity index (χ1) is 6.22. The molecule has 0 radical (unpaired) electrons. The van der Waals surface area contributed by atoms with E-state index in [0.29, 0.717) is 5.06 Å². The second-order valence-corrected chi connectivity index (χ2v) is 3.25. The number of hydrogen-bond donors (Lipinski definition) is 2. The van der Waals surface area contributed by atoms with Gasteiger partial charge in [0.1, 0.15) is 6.54 Å². The van der Waals surface area contributed by atoms with Crippen LogP contribution in [0.1, 0.15) is 25.7 Å². The fraction of sp³-hybridized carbons (Fsp3) is 0.750. The number of nitrogens with one attached hydrogen (secondary N) is 1. The van der Waals surface area contributed by atoms with Crippen LogP contribution in [-0.2, 0) is 9.59 Å². The van der Waals surface area contributed by atoms with Crippen LogP contribution in [0.5, 0.6) is 0 Å². The highest BCUT2D eigenvalue weighted by molar-refractivity contribution is 5.79. The number of carbonyl (C=O) groups excluding carboxylic acids is 2. The largest absolute Gasteiger partial charge is 0.352 e. The predicted octanol–water partition coefficient (Wildman–Crippen LogP) is -0.107. The van der Waals surface area contributed by atoms with E-state index in [1.807, 2.05) is 0 Å². The molecule has 0 aliphatic heterocycles. The smallest absolute Gasteiger partial charge is 0.242 e. The van der Waals surface area contributed by atoms with Gasteiger partial charge >= 0.3 is 0 Å². The van der Waals surface area contributed by atoms with Crippen LogP contribution in [0.4, 0.5) is 0 Å². The molecular formula is C8H14N2O3. The maximum absolute atomic E-state index is 11.1. The van der Waals surface area contributed by atoms with Crippen molar-refractivity contribution in [2.24, 2.45) is 0 Å². The van der Waals surface area contributed by atoms with Gasteiger partial charge < -0.3 is 5.32 Å². The quantitative estimate of drug-likeness (QED) is 0.366. The summed E-state index contributed by atoms with van der Waals surface area (Å²) >= 11 is 0.